The third-order valence-electron chi connectivity index (χ3n) is 7.34. The third kappa shape index (κ3) is 8.68. The van der Waals surface area contributed by atoms with Crippen LogP contribution < -0.4 is 15.4 Å². The van der Waals surface area contributed by atoms with E-state index in [1.165, 1.54) is 12.1 Å². The Morgan fingerprint density at radius 2 is 1.77 bits per heavy atom. The van der Waals surface area contributed by atoms with Gasteiger partial charge in [-0.2, -0.15) is 13.2 Å². The van der Waals surface area contributed by atoms with Crippen LogP contribution in [-0.2, 0) is 23.9 Å². The van der Waals surface area contributed by atoms with Crippen molar-refractivity contribution >= 4 is 23.3 Å². The molecule has 3 aromatic rings. The number of aromatic nitrogens is 1. The number of urea groups is 1. The first kappa shape index (κ1) is 31.8. The summed E-state index contributed by atoms with van der Waals surface area (Å²) in [6, 6.07) is 11.9. The Bertz CT molecular complexity index is 1390. The summed E-state index contributed by atoms with van der Waals surface area (Å²) in [4.78, 5) is 33.9. The number of nitrogens with zero attached hydrogens (tertiary/aromatic N) is 3. The van der Waals surface area contributed by atoms with Gasteiger partial charge in [0.1, 0.15) is 11.9 Å². The number of rotatable bonds is 8. The molecular formula is C31H36F3N5O4. The van der Waals surface area contributed by atoms with E-state index in [9.17, 15) is 27.9 Å². The summed E-state index contributed by atoms with van der Waals surface area (Å²) in [6.45, 7) is 5.25. The summed E-state index contributed by atoms with van der Waals surface area (Å²) in [7, 11) is 1.99. The zero-order valence-corrected chi connectivity index (χ0v) is 24.3. The summed E-state index contributed by atoms with van der Waals surface area (Å²) in [5, 5.41) is 15.0. The smallest absolute Gasteiger partial charge is 0.416 e. The van der Waals surface area contributed by atoms with Crippen molar-refractivity contribution in [2.45, 2.75) is 45.1 Å². The first-order valence-electron chi connectivity index (χ1n) is 14.0. The fourth-order valence-electron chi connectivity index (χ4n) is 4.93. The first-order valence-corrected chi connectivity index (χ1v) is 14.0. The predicted octanol–water partition coefficient (Wildman–Crippen LogP) is 5.03. The maximum atomic E-state index is 13.4. The minimum absolute atomic E-state index is 0.0119. The lowest BCUT2D eigenvalue weighted by atomic mass is 10.0. The molecule has 0 saturated carbocycles. The van der Waals surface area contributed by atoms with E-state index in [1.54, 1.807) is 42.4 Å². The van der Waals surface area contributed by atoms with E-state index in [0.29, 0.717) is 36.6 Å². The highest BCUT2D eigenvalue weighted by Gasteiger charge is 2.32. The Morgan fingerprint density at radius 3 is 2.42 bits per heavy atom. The Kier molecular flexibility index (Phi) is 10.3. The molecule has 1 aromatic heterocycles. The Labute approximate surface area is 248 Å². The third-order valence-corrected chi connectivity index (χ3v) is 7.34. The molecule has 0 unspecified atom stereocenters. The number of pyridine rings is 1. The van der Waals surface area contributed by atoms with Crippen LogP contribution in [0.3, 0.4) is 0 Å². The predicted molar refractivity (Wildman–Crippen MR) is 157 cm³/mol. The number of benzene rings is 2. The molecule has 1 aliphatic rings. The van der Waals surface area contributed by atoms with Crippen molar-refractivity contribution in [1.82, 2.24) is 14.8 Å². The van der Waals surface area contributed by atoms with Crippen LogP contribution in [0, 0.1) is 5.92 Å². The Balaban J connectivity index is 1.53. The summed E-state index contributed by atoms with van der Waals surface area (Å²) < 4.78 is 45.1. The fraction of sp³-hybridized carbons (Fsp3) is 0.387. The number of alkyl halides is 3. The van der Waals surface area contributed by atoms with Gasteiger partial charge < -0.3 is 25.4 Å². The lowest BCUT2D eigenvalue weighted by Crippen LogP contribution is -2.47. The molecule has 1 aliphatic heterocycles. The van der Waals surface area contributed by atoms with Crippen molar-refractivity contribution < 1.29 is 32.6 Å². The number of likely N-dealkylation sites (N-methyl/N-ethyl adjacent to an activating group) is 1. The van der Waals surface area contributed by atoms with Gasteiger partial charge in [-0.25, -0.2) is 4.79 Å². The lowest BCUT2D eigenvalue weighted by molar-refractivity contribution is -0.137. The molecular weight excluding hydrogens is 563 g/mol. The fourth-order valence-corrected chi connectivity index (χ4v) is 4.93. The molecule has 0 spiro atoms. The van der Waals surface area contributed by atoms with Gasteiger partial charge in [-0.1, -0.05) is 6.92 Å². The molecule has 4 rings (SSSR count). The average Bonchev–Trinajstić information content (AvgIpc) is 3.00. The van der Waals surface area contributed by atoms with E-state index in [2.05, 4.69) is 20.5 Å². The van der Waals surface area contributed by atoms with Crippen LogP contribution in [0.15, 0.2) is 67.0 Å². The second-order valence-corrected chi connectivity index (χ2v) is 10.9. The molecule has 43 heavy (non-hydrogen) atoms. The molecule has 0 saturated heterocycles. The molecule has 0 radical (unpaired) electrons. The van der Waals surface area contributed by atoms with Crippen molar-refractivity contribution in [3.63, 3.8) is 0 Å². The minimum Gasteiger partial charge on any atom is -0.488 e. The van der Waals surface area contributed by atoms with E-state index < -0.39 is 23.8 Å². The van der Waals surface area contributed by atoms with Gasteiger partial charge in [0.25, 0.3) is 0 Å². The van der Waals surface area contributed by atoms with Gasteiger partial charge in [-0.3, -0.25) is 14.7 Å². The van der Waals surface area contributed by atoms with E-state index in [4.69, 9.17) is 4.74 Å². The maximum Gasteiger partial charge on any atom is 0.416 e. The van der Waals surface area contributed by atoms with Gasteiger partial charge in [-0.05, 0) is 74.1 Å². The van der Waals surface area contributed by atoms with Crippen LogP contribution in [0.25, 0.3) is 0 Å². The number of fused-ring (bicyclic) bond motifs is 1. The number of anilines is 2. The van der Waals surface area contributed by atoms with Crippen LogP contribution in [-0.4, -0.2) is 70.7 Å². The first-order chi connectivity index (χ1) is 20.4. The van der Waals surface area contributed by atoms with E-state index in [0.717, 1.165) is 17.7 Å². The van der Waals surface area contributed by atoms with Gasteiger partial charge in [0.05, 0.1) is 24.6 Å². The summed E-state index contributed by atoms with van der Waals surface area (Å²) in [5.41, 5.74) is 1.41. The number of hydrogen-bond acceptors (Lipinski definition) is 6. The standard InChI is InChI=1S/C31H36F3N5O4/c1-20-16-39(21(2)19-40)29(41)15-23-14-26(37-30(42)36-25-6-4-24(5-7-25)31(32,33)34)8-9-27(23)43-28(20)18-38(3)17-22-10-12-35-13-11-22/h4-14,20-21,28,40H,15-19H2,1-3H3,(H2,36,37,42)/t20-,21+,28-/m1/s1. The number of amides is 3. The van der Waals surface area contributed by atoms with Crippen molar-refractivity contribution in [2.24, 2.45) is 5.92 Å². The van der Waals surface area contributed by atoms with E-state index >= 15 is 0 Å². The molecule has 9 nitrogen and oxygen atoms in total. The van der Waals surface area contributed by atoms with Crippen LogP contribution in [0.5, 0.6) is 5.75 Å². The quantitative estimate of drug-likeness (QED) is 0.336. The monoisotopic (exact) mass is 599 g/mol. The summed E-state index contributed by atoms with van der Waals surface area (Å²) in [5.74, 6) is 0.251. The van der Waals surface area contributed by atoms with Gasteiger partial charge in [0, 0.05) is 54.9 Å². The summed E-state index contributed by atoms with van der Waals surface area (Å²) >= 11 is 0. The zero-order chi connectivity index (χ0) is 31.1. The van der Waals surface area contributed by atoms with Crippen molar-refractivity contribution in [1.29, 1.82) is 0 Å². The molecule has 0 aliphatic carbocycles. The lowest BCUT2D eigenvalue weighted by Gasteiger charge is -2.34. The molecule has 12 heteroatoms. The minimum atomic E-state index is -4.48. The second-order valence-electron chi connectivity index (χ2n) is 10.9. The number of halogens is 3. The van der Waals surface area contributed by atoms with Crippen molar-refractivity contribution in [3.05, 3.63) is 83.7 Å². The van der Waals surface area contributed by atoms with Crippen molar-refractivity contribution in [3.8, 4) is 5.75 Å². The number of nitrogens with one attached hydrogen (secondary N) is 2. The SMILES string of the molecule is C[C@@H]1CN([C@@H](C)CO)C(=O)Cc2cc(NC(=O)Nc3ccc(C(F)(F)F)cc3)ccc2O[C@@H]1CN(C)Cc1ccncc1. The number of aliphatic hydroxyl groups is 1. The number of ether oxygens (including phenoxy) is 1. The van der Waals surface area contributed by atoms with E-state index in [1.807, 2.05) is 26.1 Å². The second kappa shape index (κ2) is 13.9. The molecule has 3 amide bonds. The molecule has 0 fully saturated rings. The van der Waals surface area contributed by atoms with Gasteiger partial charge in [-0.15, -0.1) is 0 Å². The van der Waals surface area contributed by atoms with Gasteiger partial charge >= 0.3 is 12.2 Å². The molecule has 3 N–H and O–H groups in total. The van der Waals surface area contributed by atoms with Gasteiger partial charge in [0.2, 0.25) is 5.91 Å². The zero-order valence-electron chi connectivity index (χ0n) is 24.3. The Morgan fingerprint density at radius 1 is 1.12 bits per heavy atom. The molecule has 230 valence electrons. The van der Waals surface area contributed by atoms with Crippen LogP contribution in [0.2, 0.25) is 0 Å². The normalized spacial score (nSPS) is 18.1. The molecule has 2 aromatic carbocycles. The molecule has 0 bridgehead atoms. The van der Waals surface area contributed by atoms with Gasteiger partial charge in [0.15, 0.2) is 0 Å². The highest BCUT2D eigenvalue weighted by Crippen LogP contribution is 2.31. The molecule has 3 atom stereocenters. The number of aliphatic hydroxyl groups excluding tert-OH is 1. The highest BCUT2D eigenvalue weighted by atomic mass is 19.4. The Hall–Kier alpha value is -4.16. The number of carbonyl (C=O) groups is 2. The number of hydrogen-bond donors (Lipinski definition) is 3. The molecule has 2 heterocycles. The number of carbonyl (C=O) groups excluding carboxylic acids is 2. The van der Waals surface area contributed by atoms with Crippen LogP contribution in [0.1, 0.15) is 30.5 Å². The summed E-state index contributed by atoms with van der Waals surface area (Å²) in [6.07, 6.45) is -1.30. The maximum absolute atomic E-state index is 13.4. The van der Waals surface area contributed by atoms with Crippen LogP contribution in [0.4, 0.5) is 29.3 Å². The van der Waals surface area contributed by atoms with Crippen LogP contribution >= 0.6 is 0 Å². The van der Waals surface area contributed by atoms with Crippen molar-refractivity contribution in [2.75, 3.05) is 37.4 Å². The largest absolute Gasteiger partial charge is 0.488 e. The topological polar surface area (TPSA) is 107 Å². The van der Waals surface area contributed by atoms with E-state index in [-0.39, 0.29) is 36.6 Å². The highest BCUT2D eigenvalue weighted by molar-refractivity contribution is 6.00. The average molecular weight is 600 g/mol.